The van der Waals surface area contributed by atoms with E-state index in [1.165, 1.54) is 25.1 Å². The molecule has 154 valence electrons. The van der Waals surface area contributed by atoms with Crippen LogP contribution in [0.5, 0.6) is 0 Å². The van der Waals surface area contributed by atoms with Gasteiger partial charge in [0.25, 0.3) is 5.56 Å². The molecule has 2 amide bonds. The summed E-state index contributed by atoms with van der Waals surface area (Å²) in [7, 11) is 0. The summed E-state index contributed by atoms with van der Waals surface area (Å²) in [6, 6.07) is 11.0. The fourth-order valence-corrected chi connectivity index (χ4v) is 3.26. The zero-order valence-electron chi connectivity index (χ0n) is 16.2. The van der Waals surface area contributed by atoms with Crippen LogP contribution in [-0.2, 0) is 9.59 Å². The maximum atomic E-state index is 13.6. The van der Waals surface area contributed by atoms with Gasteiger partial charge in [0, 0.05) is 12.5 Å². The molecule has 2 aromatic carbocycles. The predicted molar refractivity (Wildman–Crippen MR) is 113 cm³/mol. The normalized spacial score (nSPS) is 10.5. The van der Waals surface area contributed by atoms with Crippen LogP contribution in [0.3, 0.4) is 0 Å². The van der Waals surface area contributed by atoms with Crippen molar-refractivity contribution in [1.82, 2.24) is 15.2 Å². The number of thioether (sulfide) groups is 1. The van der Waals surface area contributed by atoms with Crippen LogP contribution in [-0.4, -0.2) is 32.7 Å². The molecule has 0 atom stereocenters. The van der Waals surface area contributed by atoms with E-state index in [2.05, 4.69) is 25.8 Å². The van der Waals surface area contributed by atoms with E-state index >= 15 is 0 Å². The number of amides is 2. The predicted octanol–water partition coefficient (Wildman–Crippen LogP) is 2.97. The third kappa shape index (κ3) is 5.09. The fourth-order valence-electron chi connectivity index (χ4n) is 2.65. The van der Waals surface area contributed by atoms with Gasteiger partial charge in [-0.05, 0) is 24.6 Å². The monoisotopic (exact) mass is 427 g/mol. The van der Waals surface area contributed by atoms with Crippen molar-refractivity contribution in [3.05, 3.63) is 64.2 Å². The van der Waals surface area contributed by atoms with Crippen LogP contribution in [0, 0.1) is 12.7 Å². The molecule has 3 rings (SSSR count). The van der Waals surface area contributed by atoms with Crippen molar-refractivity contribution in [2.75, 3.05) is 16.4 Å². The highest BCUT2D eigenvalue weighted by atomic mass is 32.2. The highest BCUT2D eigenvalue weighted by Crippen LogP contribution is 2.27. The molecule has 3 aromatic rings. The smallest absolute Gasteiger partial charge is 0.278 e. The second kappa shape index (κ2) is 9.31. The molecule has 8 nitrogen and oxygen atoms in total. The topological polar surface area (TPSA) is 117 Å². The Morgan fingerprint density at radius 2 is 1.87 bits per heavy atom. The Hall–Kier alpha value is -3.53. The first-order valence-electron chi connectivity index (χ1n) is 8.87. The molecule has 0 saturated carbocycles. The second-order valence-corrected chi connectivity index (χ2v) is 7.27. The largest absolute Gasteiger partial charge is 0.325 e. The average molecular weight is 427 g/mol. The highest BCUT2D eigenvalue weighted by Gasteiger charge is 2.15. The van der Waals surface area contributed by atoms with E-state index in [9.17, 15) is 18.8 Å². The molecule has 0 fully saturated rings. The zero-order valence-corrected chi connectivity index (χ0v) is 17.0. The van der Waals surface area contributed by atoms with Crippen LogP contribution in [0.2, 0.25) is 0 Å². The van der Waals surface area contributed by atoms with Gasteiger partial charge in [-0.2, -0.15) is 0 Å². The van der Waals surface area contributed by atoms with Crippen LogP contribution in [0.4, 0.5) is 15.8 Å². The van der Waals surface area contributed by atoms with Crippen molar-refractivity contribution in [3.63, 3.8) is 0 Å². The summed E-state index contributed by atoms with van der Waals surface area (Å²) in [5.41, 5.74) is 1.29. The van der Waals surface area contributed by atoms with Crippen LogP contribution in [0.1, 0.15) is 12.5 Å². The van der Waals surface area contributed by atoms with Crippen LogP contribution < -0.4 is 16.2 Å². The van der Waals surface area contributed by atoms with Crippen molar-refractivity contribution in [3.8, 4) is 11.3 Å². The van der Waals surface area contributed by atoms with Gasteiger partial charge in [0.15, 0.2) is 10.9 Å². The van der Waals surface area contributed by atoms with Gasteiger partial charge in [-0.15, -0.1) is 10.2 Å². The number of carbonyl (C=O) groups is 2. The number of aromatic nitrogens is 3. The van der Waals surface area contributed by atoms with Crippen LogP contribution >= 0.6 is 11.8 Å². The molecule has 1 aromatic heterocycles. The molecule has 1 heterocycles. The van der Waals surface area contributed by atoms with E-state index in [0.29, 0.717) is 11.3 Å². The first-order valence-corrected chi connectivity index (χ1v) is 9.85. The second-order valence-electron chi connectivity index (χ2n) is 6.30. The number of halogens is 1. The molecule has 10 heteroatoms. The molecule has 3 N–H and O–H groups in total. The van der Waals surface area contributed by atoms with Crippen molar-refractivity contribution in [2.24, 2.45) is 0 Å². The first kappa shape index (κ1) is 21.2. The maximum Gasteiger partial charge on any atom is 0.278 e. The minimum Gasteiger partial charge on any atom is -0.325 e. The number of nitrogens with one attached hydrogen (secondary N) is 3. The molecule has 0 spiro atoms. The average Bonchev–Trinajstić information content (AvgIpc) is 2.70. The molecular weight excluding hydrogens is 409 g/mol. The van der Waals surface area contributed by atoms with Crippen LogP contribution in [0.25, 0.3) is 11.3 Å². The van der Waals surface area contributed by atoms with Gasteiger partial charge in [-0.25, -0.2) is 4.39 Å². The van der Waals surface area contributed by atoms with E-state index in [4.69, 9.17) is 0 Å². The van der Waals surface area contributed by atoms with E-state index < -0.39 is 17.3 Å². The molecule has 0 saturated heterocycles. The maximum absolute atomic E-state index is 13.6. The van der Waals surface area contributed by atoms with Gasteiger partial charge in [0.05, 0.1) is 17.1 Å². The van der Waals surface area contributed by atoms with Crippen molar-refractivity contribution in [1.29, 1.82) is 0 Å². The lowest BCUT2D eigenvalue weighted by molar-refractivity contribution is -0.114. The van der Waals surface area contributed by atoms with Crippen molar-refractivity contribution in [2.45, 2.75) is 19.0 Å². The number of carbonyl (C=O) groups excluding carboxylic acids is 2. The third-order valence-electron chi connectivity index (χ3n) is 3.99. The number of aromatic amines is 1. The van der Waals surface area contributed by atoms with Gasteiger partial charge in [-0.1, -0.05) is 42.1 Å². The minimum absolute atomic E-state index is 0.0441. The van der Waals surface area contributed by atoms with E-state index in [1.54, 1.807) is 31.2 Å². The number of nitrogens with zero attached hydrogens (tertiary/aromatic N) is 2. The standard InChI is InChI=1S/C20H18FN5O3S/c1-11-6-5-7-13(17(11)22-12(2)27)18-19(29)24-20(26-25-18)30-10-16(28)23-15-9-4-3-8-14(15)21/h3-9H,10H2,1-2H3,(H,22,27)(H,23,28)(H,24,26,29). The number of H-pyrrole nitrogens is 1. The summed E-state index contributed by atoms with van der Waals surface area (Å²) < 4.78 is 13.6. The zero-order chi connectivity index (χ0) is 21.7. The fraction of sp³-hybridized carbons (Fsp3) is 0.150. The molecule has 0 radical (unpaired) electrons. The number of hydrogen-bond donors (Lipinski definition) is 3. The minimum atomic E-state index is -0.540. The quantitative estimate of drug-likeness (QED) is 0.521. The lowest BCUT2D eigenvalue weighted by Gasteiger charge is -2.11. The Balaban J connectivity index is 1.74. The van der Waals surface area contributed by atoms with Gasteiger partial charge in [0.1, 0.15) is 5.82 Å². The summed E-state index contributed by atoms with van der Waals surface area (Å²) in [5.74, 6) is -1.37. The van der Waals surface area contributed by atoms with Crippen molar-refractivity contribution < 1.29 is 14.0 Å². The number of para-hydroxylation sites is 2. The van der Waals surface area contributed by atoms with Gasteiger partial charge < -0.3 is 10.6 Å². The lowest BCUT2D eigenvalue weighted by atomic mass is 10.1. The van der Waals surface area contributed by atoms with E-state index in [0.717, 1.165) is 17.3 Å². The van der Waals surface area contributed by atoms with Gasteiger partial charge in [-0.3, -0.25) is 19.4 Å². The Bertz CT molecular complexity index is 1170. The summed E-state index contributed by atoms with van der Waals surface area (Å²) in [6.45, 7) is 3.17. The number of rotatable bonds is 6. The molecule has 0 aliphatic heterocycles. The van der Waals surface area contributed by atoms with Crippen molar-refractivity contribution >= 4 is 35.0 Å². The molecular formula is C20H18FN5O3S. The summed E-state index contributed by atoms with van der Waals surface area (Å²) in [6.07, 6.45) is 0. The number of benzene rings is 2. The Kier molecular flexibility index (Phi) is 6.58. The summed E-state index contributed by atoms with van der Waals surface area (Å²) in [4.78, 5) is 38.6. The Labute approximate surface area is 175 Å². The number of anilines is 2. The van der Waals surface area contributed by atoms with Gasteiger partial charge >= 0.3 is 0 Å². The first-order chi connectivity index (χ1) is 14.3. The molecule has 0 aliphatic rings. The lowest BCUT2D eigenvalue weighted by Crippen LogP contribution is -2.18. The Morgan fingerprint density at radius 3 is 2.57 bits per heavy atom. The Morgan fingerprint density at radius 1 is 1.10 bits per heavy atom. The van der Waals surface area contributed by atoms with Gasteiger partial charge in [0.2, 0.25) is 11.8 Å². The molecule has 0 aliphatic carbocycles. The highest BCUT2D eigenvalue weighted by molar-refractivity contribution is 7.99. The molecule has 0 unspecified atom stereocenters. The van der Waals surface area contributed by atoms with E-state index in [1.807, 2.05) is 0 Å². The number of hydrogen-bond acceptors (Lipinski definition) is 6. The molecule has 30 heavy (non-hydrogen) atoms. The van der Waals surface area contributed by atoms with E-state index in [-0.39, 0.29) is 28.2 Å². The summed E-state index contributed by atoms with van der Waals surface area (Å²) in [5, 5.41) is 13.2. The third-order valence-corrected chi connectivity index (χ3v) is 4.86. The van der Waals surface area contributed by atoms with Crippen LogP contribution in [0.15, 0.2) is 52.4 Å². The number of aryl methyl sites for hydroxylation is 1. The SMILES string of the molecule is CC(=O)Nc1c(C)cccc1-c1nnc(SCC(=O)Nc2ccccc2F)[nH]c1=O. The molecule has 0 bridgehead atoms. The summed E-state index contributed by atoms with van der Waals surface area (Å²) >= 11 is 0.956.